The van der Waals surface area contributed by atoms with E-state index in [2.05, 4.69) is 0 Å². The maximum atomic E-state index is 9.28. The molecule has 4 N–H and O–H groups in total. The fraction of sp³-hybridized carbons (Fsp3) is 1.00. The summed E-state index contributed by atoms with van der Waals surface area (Å²) in [5.74, 6) is 0. The molecule has 0 radical (unpaired) electrons. The summed E-state index contributed by atoms with van der Waals surface area (Å²) in [7, 11) is 1.30. The minimum absolute atomic E-state index is 0.440. The lowest BCUT2D eigenvalue weighted by Crippen LogP contribution is -2.58. The van der Waals surface area contributed by atoms with Gasteiger partial charge >= 0.3 is 0 Å². The van der Waals surface area contributed by atoms with Crippen molar-refractivity contribution in [1.82, 2.24) is 0 Å². The number of ether oxygens (including phenoxy) is 2. The zero-order chi connectivity index (χ0) is 10.0. The third kappa shape index (κ3) is 1.98. The molecule has 13 heavy (non-hydrogen) atoms. The second-order valence-corrected chi connectivity index (χ2v) is 2.93. The van der Waals surface area contributed by atoms with Crippen LogP contribution in [0.1, 0.15) is 0 Å². The summed E-state index contributed by atoms with van der Waals surface area (Å²) in [6.07, 6.45) is -5.91. The first kappa shape index (κ1) is 10.8. The molecule has 6 heteroatoms. The molecule has 0 spiro atoms. The van der Waals surface area contributed by atoms with Crippen molar-refractivity contribution in [3.05, 3.63) is 0 Å². The van der Waals surface area contributed by atoms with Crippen molar-refractivity contribution in [1.29, 1.82) is 0 Å². The highest BCUT2D eigenvalue weighted by molar-refractivity contribution is 4.88. The highest BCUT2D eigenvalue weighted by Crippen LogP contribution is 2.20. The number of aliphatic hydroxyl groups excluding tert-OH is 4. The zero-order valence-electron chi connectivity index (χ0n) is 7.20. The molecule has 1 rings (SSSR count). The highest BCUT2D eigenvalue weighted by Gasteiger charge is 2.43. The summed E-state index contributed by atoms with van der Waals surface area (Å²) in [5.41, 5.74) is 0. The summed E-state index contributed by atoms with van der Waals surface area (Å²) in [6.45, 7) is -0.440. The Bertz CT molecular complexity index is 143. The van der Waals surface area contributed by atoms with E-state index in [-0.39, 0.29) is 0 Å². The van der Waals surface area contributed by atoms with Crippen molar-refractivity contribution in [2.75, 3.05) is 13.7 Å². The first-order valence-corrected chi connectivity index (χ1v) is 3.95. The Morgan fingerprint density at radius 2 is 1.77 bits per heavy atom. The lowest BCUT2D eigenvalue weighted by Gasteiger charge is -2.38. The van der Waals surface area contributed by atoms with E-state index < -0.39 is 37.3 Å². The molecule has 1 fully saturated rings. The fourth-order valence-corrected chi connectivity index (χ4v) is 1.26. The Kier molecular flexibility index (Phi) is 3.60. The number of aliphatic hydroxyl groups is 4. The van der Waals surface area contributed by atoms with Gasteiger partial charge in [0.2, 0.25) is 0 Å². The van der Waals surface area contributed by atoms with Gasteiger partial charge in [0, 0.05) is 7.11 Å². The molecular weight excluding hydrogens is 180 g/mol. The Morgan fingerprint density at radius 3 is 2.23 bits per heavy atom. The van der Waals surface area contributed by atoms with Crippen LogP contribution in [0.5, 0.6) is 0 Å². The molecule has 0 aromatic carbocycles. The third-order valence-electron chi connectivity index (χ3n) is 2.08. The van der Waals surface area contributed by atoms with Crippen LogP contribution >= 0.6 is 0 Å². The predicted octanol–water partition coefficient (Wildman–Crippen LogP) is -2.57. The summed E-state index contributed by atoms with van der Waals surface area (Å²) in [5, 5.41) is 36.6. The molecule has 78 valence electrons. The normalized spacial score (nSPS) is 46.4. The second-order valence-electron chi connectivity index (χ2n) is 2.93. The molecule has 6 nitrogen and oxygen atoms in total. The van der Waals surface area contributed by atoms with Gasteiger partial charge in [0.15, 0.2) is 6.29 Å². The third-order valence-corrected chi connectivity index (χ3v) is 2.08. The molecule has 1 aliphatic rings. The topological polar surface area (TPSA) is 99.4 Å². The van der Waals surface area contributed by atoms with E-state index in [0.717, 1.165) is 0 Å². The molecule has 0 aromatic rings. The van der Waals surface area contributed by atoms with Crippen molar-refractivity contribution in [3.8, 4) is 0 Å². The van der Waals surface area contributed by atoms with E-state index in [9.17, 15) is 15.3 Å². The lowest BCUT2D eigenvalue weighted by atomic mass is 9.99. The standard InChI is InChI=1S/C7H14O6/c1-12-7-6(11)5(10)4(9)3(2-8)13-7/h3-11H,2H2,1H3/t3-,4-,5+,6+,7-/m1/s1. The lowest BCUT2D eigenvalue weighted by molar-refractivity contribution is -0.294. The van der Waals surface area contributed by atoms with Crippen molar-refractivity contribution < 1.29 is 29.9 Å². The monoisotopic (exact) mass is 194 g/mol. The van der Waals surface area contributed by atoms with E-state index in [0.29, 0.717) is 0 Å². The maximum absolute atomic E-state index is 9.28. The average Bonchev–Trinajstić information content (AvgIpc) is 2.15. The summed E-state index contributed by atoms with van der Waals surface area (Å²) in [4.78, 5) is 0. The van der Waals surface area contributed by atoms with Gasteiger partial charge in [-0.05, 0) is 0 Å². The molecule has 0 amide bonds. The number of rotatable bonds is 2. The van der Waals surface area contributed by atoms with Crippen molar-refractivity contribution >= 4 is 0 Å². The second kappa shape index (κ2) is 4.32. The van der Waals surface area contributed by atoms with Gasteiger partial charge in [-0.3, -0.25) is 0 Å². The van der Waals surface area contributed by atoms with Gasteiger partial charge in [0.25, 0.3) is 0 Å². The van der Waals surface area contributed by atoms with Crippen LogP contribution in [-0.2, 0) is 9.47 Å². The first-order chi connectivity index (χ1) is 6.11. The Morgan fingerprint density at radius 1 is 1.15 bits per heavy atom. The maximum Gasteiger partial charge on any atom is 0.186 e. The molecule has 1 aliphatic heterocycles. The van der Waals surface area contributed by atoms with Crippen LogP contribution in [0.2, 0.25) is 0 Å². The number of hydrogen-bond donors (Lipinski definition) is 4. The molecule has 0 unspecified atom stereocenters. The summed E-state index contributed by atoms with van der Waals surface area (Å²) in [6, 6.07) is 0. The SMILES string of the molecule is CO[C@@H]1O[C@H](CO)[C@@H](O)[C@H](O)[C@@H]1O. The quantitative estimate of drug-likeness (QED) is 0.386. The molecule has 0 aliphatic carbocycles. The van der Waals surface area contributed by atoms with Crippen molar-refractivity contribution in [2.45, 2.75) is 30.7 Å². The molecular formula is C7H14O6. The van der Waals surface area contributed by atoms with Gasteiger partial charge in [0.05, 0.1) is 6.61 Å². The molecule has 5 atom stereocenters. The van der Waals surface area contributed by atoms with E-state index in [4.69, 9.17) is 14.6 Å². The summed E-state index contributed by atoms with van der Waals surface area (Å²) < 4.78 is 9.65. The number of hydrogen-bond acceptors (Lipinski definition) is 6. The molecule has 1 heterocycles. The highest BCUT2D eigenvalue weighted by atomic mass is 16.7. The van der Waals surface area contributed by atoms with E-state index in [1.54, 1.807) is 0 Å². The van der Waals surface area contributed by atoms with Gasteiger partial charge in [0.1, 0.15) is 24.4 Å². The molecule has 1 saturated heterocycles. The van der Waals surface area contributed by atoms with E-state index in [1.165, 1.54) is 7.11 Å². The fourth-order valence-electron chi connectivity index (χ4n) is 1.26. The minimum Gasteiger partial charge on any atom is -0.394 e. The van der Waals surface area contributed by atoms with Crippen LogP contribution in [0, 0.1) is 0 Å². The van der Waals surface area contributed by atoms with Crippen LogP contribution < -0.4 is 0 Å². The smallest absolute Gasteiger partial charge is 0.186 e. The largest absolute Gasteiger partial charge is 0.394 e. The first-order valence-electron chi connectivity index (χ1n) is 3.95. The predicted molar refractivity (Wildman–Crippen MR) is 40.8 cm³/mol. The van der Waals surface area contributed by atoms with Crippen LogP contribution in [0.4, 0.5) is 0 Å². The van der Waals surface area contributed by atoms with E-state index >= 15 is 0 Å². The number of methoxy groups -OCH3 is 1. The van der Waals surface area contributed by atoms with Gasteiger partial charge in [-0.15, -0.1) is 0 Å². The minimum atomic E-state index is -1.36. The average molecular weight is 194 g/mol. The van der Waals surface area contributed by atoms with Crippen LogP contribution in [0.25, 0.3) is 0 Å². The van der Waals surface area contributed by atoms with Crippen molar-refractivity contribution in [2.24, 2.45) is 0 Å². The molecule has 0 bridgehead atoms. The van der Waals surface area contributed by atoms with Crippen LogP contribution in [0.3, 0.4) is 0 Å². The Balaban J connectivity index is 2.66. The summed E-state index contributed by atoms with van der Waals surface area (Å²) >= 11 is 0. The molecule has 0 aromatic heterocycles. The van der Waals surface area contributed by atoms with Gasteiger partial charge in [-0.25, -0.2) is 0 Å². The van der Waals surface area contributed by atoms with Gasteiger partial charge in [-0.2, -0.15) is 0 Å². The van der Waals surface area contributed by atoms with E-state index in [1.807, 2.05) is 0 Å². The molecule has 0 saturated carbocycles. The van der Waals surface area contributed by atoms with Gasteiger partial charge in [-0.1, -0.05) is 0 Å². The van der Waals surface area contributed by atoms with Crippen molar-refractivity contribution in [3.63, 3.8) is 0 Å². The van der Waals surface area contributed by atoms with Crippen LogP contribution in [-0.4, -0.2) is 64.8 Å². The van der Waals surface area contributed by atoms with Crippen LogP contribution in [0.15, 0.2) is 0 Å². The van der Waals surface area contributed by atoms with Gasteiger partial charge < -0.3 is 29.9 Å². The Labute approximate surface area is 75.3 Å². The Hall–Kier alpha value is -0.240. The zero-order valence-corrected chi connectivity index (χ0v) is 7.20.